The Morgan fingerprint density at radius 3 is 2.56 bits per heavy atom. The van der Waals surface area contributed by atoms with E-state index in [1.165, 1.54) is 29.6 Å². The average molecular weight is 264 g/mol. The molecular weight excluding hydrogens is 254 g/mol. The Morgan fingerprint density at radius 2 is 1.94 bits per heavy atom. The van der Waals surface area contributed by atoms with Gasteiger partial charge in [-0.15, -0.1) is 11.3 Å². The largest absolute Gasteiger partial charge is 0.288 e. The van der Waals surface area contributed by atoms with Crippen LogP contribution in [0.15, 0.2) is 36.4 Å². The van der Waals surface area contributed by atoms with Gasteiger partial charge in [0.2, 0.25) is 0 Å². The molecule has 1 aromatic carbocycles. The molecule has 18 heavy (non-hydrogen) atoms. The summed E-state index contributed by atoms with van der Waals surface area (Å²) < 4.78 is 25.6. The second kappa shape index (κ2) is 5.23. The molecule has 0 bridgehead atoms. The molecule has 0 spiro atoms. The summed E-state index contributed by atoms with van der Waals surface area (Å²) in [6.45, 7) is 1.92. The fourth-order valence-corrected chi connectivity index (χ4v) is 2.22. The smallest absolute Gasteiger partial charge is 0.195 e. The number of halogens is 2. The summed E-state index contributed by atoms with van der Waals surface area (Å²) >= 11 is 1.40. The minimum absolute atomic E-state index is 0.141. The molecule has 1 aromatic heterocycles. The van der Waals surface area contributed by atoms with Gasteiger partial charge in [0.05, 0.1) is 4.88 Å². The molecule has 4 heteroatoms. The maximum atomic E-state index is 12.9. The quantitative estimate of drug-likeness (QED) is 0.599. The first kappa shape index (κ1) is 12.6. The molecule has 0 atom stereocenters. The van der Waals surface area contributed by atoms with Crippen molar-refractivity contribution in [2.45, 2.75) is 6.92 Å². The molecule has 2 aromatic rings. The van der Waals surface area contributed by atoms with Gasteiger partial charge in [-0.05, 0) is 42.8 Å². The van der Waals surface area contributed by atoms with E-state index in [1.54, 1.807) is 6.07 Å². The summed E-state index contributed by atoms with van der Waals surface area (Å²) in [6, 6.07) is 7.12. The second-order valence-electron chi connectivity index (χ2n) is 3.78. The van der Waals surface area contributed by atoms with Crippen molar-refractivity contribution >= 4 is 23.2 Å². The summed E-state index contributed by atoms with van der Waals surface area (Å²) in [4.78, 5) is 13.4. The standard InChI is InChI=1S/C14H10F2OS/c1-9-2-7-14(18-9)13(17)6-4-10-3-5-11(15)12(16)8-10/h2-8H,1H3/b6-4+. The van der Waals surface area contributed by atoms with Crippen molar-refractivity contribution in [3.63, 3.8) is 0 Å². The Balaban J connectivity index is 2.15. The van der Waals surface area contributed by atoms with E-state index in [0.29, 0.717) is 10.4 Å². The highest BCUT2D eigenvalue weighted by Gasteiger charge is 2.05. The van der Waals surface area contributed by atoms with Crippen molar-refractivity contribution in [2.24, 2.45) is 0 Å². The summed E-state index contributed by atoms with van der Waals surface area (Å²) in [5, 5.41) is 0. The molecule has 1 heterocycles. The third-order valence-electron chi connectivity index (χ3n) is 2.35. The number of hydrogen-bond donors (Lipinski definition) is 0. The zero-order valence-electron chi connectivity index (χ0n) is 9.61. The van der Waals surface area contributed by atoms with Gasteiger partial charge in [0.15, 0.2) is 17.4 Å². The fraction of sp³-hybridized carbons (Fsp3) is 0.0714. The lowest BCUT2D eigenvalue weighted by atomic mass is 10.2. The van der Waals surface area contributed by atoms with Crippen molar-refractivity contribution in [3.05, 3.63) is 63.4 Å². The van der Waals surface area contributed by atoms with Crippen LogP contribution in [-0.4, -0.2) is 5.78 Å². The highest BCUT2D eigenvalue weighted by molar-refractivity contribution is 7.14. The topological polar surface area (TPSA) is 17.1 Å². The van der Waals surface area contributed by atoms with Gasteiger partial charge >= 0.3 is 0 Å². The van der Waals surface area contributed by atoms with E-state index in [-0.39, 0.29) is 5.78 Å². The third-order valence-corrected chi connectivity index (χ3v) is 3.37. The van der Waals surface area contributed by atoms with E-state index in [2.05, 4.69) is 0 Å². The van der Waals surface area contributed by atoms with Crippen LogP contribution in [0.5, 0.6) is 0 Å². The van der Waals surface area contributed by atoms with Gasteiger partial charge in [-0.25, -0.2) is 8.78 Å². The molecule has 0 amide bonds. The number of aryl methyl sites for hydroxylation is 1. The number of allylic oxidation sites excluding steroid dienone is 1. The molecule has 0 N–H and O–H groups in total. The van der Waals surface area contributed by atoms with Gasteiger partial charge in [-0.3, -0.25) is 4.79 Å². The number of carbonyl (C=O) groups excluding carboxylic acids is 1. The monoisotopic (exact) mass is 264 g/mol. The molecule has 0 unspecified atom stereocenters. The van der Waals surface area contributed by atoms with Crippen LogP contribution < -0.4 is 0 Å². The molecule has 0 fully saturated rings. The minimum atomic E-state index is -0.920. The Labute approximate surface area is 107 Å². The molecule has 0 saturated heterocycles. The van der Waals surface area contributed by atoms with Crippen LogP contribution in [0.2, 0.25) is 0 Å². The van der Waals surface area contributed by atoms with Gasteiger partial charge in [0.25, 0.3) is 0 Å². The van der Waals surface area contributed by atoms with Crippen LogP contribution in [0, 0.1) is 18.6 Å². The van der Waals surface area contributed by atoms with E-state index in [9.17, 15) is 13.6 Å². The highest BCUT2D eigenvalue weighted by atomic mass is 32.1. The van der Waals surface area contributed by atoms with E-state index < -0.39 is 11.6 Å². The predicted molar refractivity (Wildman–Crippen MR) is 68.8 cm³/mol. The normalized spacial score (nSPS) is 11.1. The molecule has 1 nitrogen and oxygen atoms in total. The second-order valence-corrected chi connectivity index (χ2v) is 5.07. The van der Waals surface area contributed by atoms with Gasteiger partial charge in [0, 0.05) is 4.88 Å². The van der Waals surface area contributed by atoms with E-state index in [4.69, 9.17) is 0 Å². The Morgan fingerprint density at radius 1 is 1.17 bits per heavy atom. The third kappa shape index (κ3) is 2.90. The van der Waals surface area contributed by atoms with E-state index in [1.807, 2.05) is 13.0 Å². The van der Waals surface area contributed by atoms with Crippen molar-refractivity contribution < 1.29 is 13.6 Å². The zero-order valence-corrected chi connectivity index (χ0v) is 10.4. The zero-order chi connectivity index (χ0) is 13.1. The molecule has 0 saturated carbocycles. The fourth-order valence-electron chi connectivity index (χ4n) is 1.44. The van der Waals surface area contributed by atoms with Crippen molar-refractivity contribution in [1.82, 2.24) is 0 Å². The SMILES string of the molecule is Cc1ccc(C(=O)/C=C/c2ccc(F)c(F)c2)s1. The lowest BCUT2D eigenvalue weighted by Gasteiger charge is -1.95. The van der Waals surface area contributed by atoms with Crippen LogP contribution in [0.25, 0.3) is 6.08 Å². The first-order valence-corrected chi connectivity index (χ1v) is 6.12. The van der Waals surface area contributed by atoms with Crippen molar-refractivity contribution in [3.8, 4) is 0 Å². The van der Waals surface area contributed by atoms with Crippen LogP contribution in [-0.2, 0) is 0 Å². The van der Waals surface area contributed by atoms with Gasteiger partial charge < -0.3 is 0 Å². The Bertz CT molecular complexity index is 614. The molecule has 2 rings (SSSR count). The van der Waals surface area contributed by atoms with Crippen molar-refractivity contribution in [1.29, 1.82) is 0 Å². The first-order chi connectivity index (χ1) is 8.56. The molecule has 0 aliphatic carbocycles. The lowest BCUT2D eigenvalue weighted by molar-refractivity contribution is 0.105. The summed E-state index contributed by atoms with van der Waals surface area (Å²) in [6.07, 6.45) is 2.83. The van der Waals surface area contributed by atoms with E-state index >= 15 is 0 Å². The average Bonchev–Trinajstić information content (AvgIpc) is 2.77. The molecule has 92 valence electrons. The lowest BCUT2D eigenvalue weighted by Crippen LogP contribution is -1.89. The molecule has 0 radical (unpaired) electrons. The van der Waals surface area contributed by atoms with Crippen LogP contribution in [0.1, 0.15) is 20.1 Å². The number of rotatable bonds is 3. The first-order valence-electron chi connectivity index (χ1n) is 5.30. The van der Waals surface area contributed by atoms with E-state index in [0.717, 1.165) is 17.0 Å². The van der Waals surface area contributed by atoms with Gasteiger partial charge in [0.1, 0.15) is 0 Å². The number of ketones is 1. The number of carbonyl (C=O) groups is 1. The maximum absolute atomic E-state index is 12.9. The molecular formula is C14H10F2OS. The Hall–Kier alpha value is -1.81. The minimum Gasteiger partial charge on any atom is -0.288 e. The van der Waals surface area contributed by atoms with Gasteiger partial charge in [-0.1, -0.05) is 12.1 Å². The summed E-state index contributed by atoms with van der Waals surface area (Å²) in [7, 11) is 0. The van der Waals surface area contributed by atoms with Gasteiger partial charge in [-0.2, -0.15) is 0 Å². The highest BCUT2D eigenvalue weighted by Crippen LogP contribution is 2.17. The Kier molecular flexibility index (Phi) is 3.67. The summed E-state index contributed by atoms with van der Waals surface area (Å²) in [5.41, 5.74) is 0.454. The molecule has 0 aliphatic heterocycles. The van der Waals surface area contributed by atoms with Crippen LogP contribution in [0.4, 0.5) is 8.78 Å². The van der Waals surface area contributed by atoms with Crippen LogP contribution in [0.3, 0.4) is 0 Å². The molecule has 0 aliphatic rings. The van der Waals surface area contributed by atoms with Crippen molar-refractivity contribution in [2.75, 3.05) is 0 Å². The number of benzene rings is 1. The maximum Gasteiger partial charge on any atom is 0.195 e. The number of hydrogen-bond acceptors (Lipinski definition) is 2. The van der Waals surface area contributed by atoms with Crippen LogP contribution >= 0.6 is 11.3 Å². The number of thiophene rings is 1. The predicted octanol–water partition coefficient (Wildman–Crippen LogP) is 4.23. The summed E-state index contributed by atoms with van der Waals surface area (Å²) in [5.74, 6) is -1.96.